The molecule has 1 aliphatic rings. The number of aromatic nitrogens is 1. The highest BCUT2D eigenvalue weighted by molar-refractivity contribution is 5.76. The number of carbonyl (C=O) groups is 1. The number of amides is 1. The Morgan fingerprint density at radius 3 is 2.58 bits per heavy atom. The van der Waals surface area contributed by atoms with Crippen molar-refractivity contribution in [2.75, 3.05) is 0 Å². The van der Waals surface area contributed by atoms with Crippen LogP contribution in [0.15, 0.2) is 66.7 Å². The second-order valence-corrected chi connectivity index (χ2v) is 7.04. The zero-order valence-corrected chi connectivity index (χ0v) is 14.9. The molecule has 132 valence electrons. The Morgan fingerprint density at radius 1 is 0.962 bits per heavy atom. The molecule has 0 saturated heterocycles. The fourth-order valence-electron chi connectivity index (χ4n) is 3.74. The summed E-state index contributed by atoms with van der Waals surface area (Å²) in [6.45, 7) is 0. The van der Waals surface area contributed by atoms with Crippen molar-refractivity contribution in [2.45, 2.75) is 38.1 Å². The topological polar surface area (TPSA) is 44.9 Å². The van der Waals surface area contributed by atoms with Gasteiger partial charge in [-0.15, -0.1) is 0 Å². The smallest absolute Gasteiger partial charge is 0.220 e. The van der Waals surface area contributed by atoms with Crippen molar-refractivity contribution in [3.63, 3.8) is 0 Å². The van der Waals surface area contributed by atoms with Gasteiger partial charge in [0, 0.05) is 23.9 Å². The fourth-order valence-corrected chi connectivity index (χ4v) is 3.74. The van der Waals surface area contributed by atoms with E-state index in [1.807, 2.05) is 18.2 Å². The Labute approximate surface area is 154 Å². The molecule has 2 N–H and O–H groups in total. The van der Waals surface area contributed by atoms with Crippen molar-refractivity contribution >= 4 is 5.91 Å². The molecule has 0 fully saturated rings. The number of nitrogens with one attached hydrogen (secondary N) is 2. The molecule has 1 aromatic heterocycles. The van der Waals surface area contributed by atoms with Crippen LogP contribution in [0.5, 0.6) is 0 Å². The summed E-state index contributed by atoms with van der Waals surface area (Å²) in [6, 6.07) is 23.2. The summed E-state index contributed by atoms with van der Waals surface area (Å²) in [5, 5.41) is 3.22. The van der Waals surface area contributed by atoms with E-state index in [1.165, 1.54) is 16.7 Å². The van der Waals surface area contributed by atoms with E-state index < -0.39 is 0 Å². The van der Waals surface area contributed by atoms with E-state index in [-0.39, 0.29) is 11.9 Å². The average Bonchev–Trinajstić information content (AvgIpc) is 3.16. The molecule has 4 rings (SSSR count). The van der Waals surface area contributed by atoms with Crippen molar-refractivity contribution < 1.29 is 4.79 Å². The van der Waals surface area contributed by atoms with Crippen LogP contribution < -0.4 is 5.32 Å². The van der Waals surface area contributed by atoms with Crippen LogP contribution in [0, 0.1) is 0 Å². The van der Waals surface area contributed by atoms with Gasteiger partial charge in [0.2, 0.25) is 5.91 Å². The van der Waals surface area contributed by atoms with Gasteiger partial charge in [0.1, 0.15) is 0 Å². The minimum absolute atomic E-state index is 0.144. The van der Waals surface area contributed by atoms with E-state index in [9.17, 15) is 4.79 Å². The third kappa shape index (κ3) is 3.88. The number of fused-ring (bicyclic) bond motifs is 1. The van der Waals surface area contributed by atoms with Crippen LogP contribution in [0.25, 0.3) is 11.3 Å². The molecule has 3 nitrogen and oxygen atoms in total. The zero-order chi connectivity index (χ0) is 17.8. The number of hydrogen-bond donors (Lipinski definition) is 2. The minimum Gasteiger partial charge on any atom is -0.358 e. The number of aryl methyl sites for hydroxylation is 2. The molecule has 1 atom stereocenters. The predicted molar refractivity (Wildman–Crippen MR) is 105 cm³/mol. The van der Waals surface area contributed by atoms with Crippen LogP contribution in [-0.2, 0) is 24.1 Å². The Kier molecular flexibility index (Phi) is 4.87. The van der Waals surface area contributed by atoms with Crippen LogP contribution in [0.1, 0.15) is 29.7 Å². The fraction of sp³-hybridized carbons (Fsp3) is 0.261. The molecule has 0 spiro atoms. The predicted octanol–water partition coefficient (Wildman–Crippen LogP) is 4.29. The summed E-state index contributed by atoms with van der Waals surface area (Å²) in [5.41, 5.74) is 6.18. The number of H-pyrrole nitrogens is 1. The largest absolute Gasteiger partial charge is 0.358 e. The lowest BCUT2D eigenvalue weighted by atomic mass is 9.88. The number of benzene rings is 2. The van der Waals surface area contributed by atoms with E-state index in [0.717, 1.165) is 37.1 Å². The SMILES string of the molecule is O=C(CCc1ccc(-c2ccccc2)[nH]1)N[C@H]1CCc2ccccc2C1. The molecule has 2 aromatic carbocycles. The van der Waals surface area contributed by atoms with E-state index in [4.69, 9.17) is 0 Å². The van der Waals surface area contributed by atoms with Gasteiger partial charge in [-0.05, 0) is 54.5 Å². The Hall–Kier alpha value is -2.81. The van der Waals surface area contributed by atoms with E-state index >= 15 is 0 Å². The molecule has 3 heteroatoms. The monoisotopic (exact) mass is 344 g/mol. The van der Waals surface area contributed by atoms with Crippen molar-refractivity contribution in [1.29, 1.82) is 0 Å². The van der Waals surface area contributed by atoms with Gasteiger partial charge < -0.3 is 10.3 Å². The maximum Gasteiger partial charge on any atom is 0.220 e. The van der Waals surface area contributed by atoms with Gasteiger partial charge >= 0.3 is 0 Å². The zero-order valence-electron chi connectivity index (χ0n) is 14.9. The van der Waals surface area contributed by atoms with Gasteiger partial charge in [-0.1, -0.05) is 54.6 Å². The van der Waals surface area contributed by atoms with Gasteiger partial charge in [0.05, 0.1) is 0 Å². The van der Waals surface area contributed by atoms with Crippen molar-refractivity contribution in [1.82, 2.24) is 10.3 Å². The van der Waals surface area contributed by atoms with E-state index in [2.05, 4.69) is 58.8 Å². The first-order valence-corrected chi connectivity index (χ1v) is 9.37. The van der Waals surface area contributed by atoms with Crippen LogP contribution in [0.3, 0.4) is 0 Å². The molecule has 0 unspecified atom stereocenters. The molecular weight excluding hydrogens is 320 g/mol. The van der Waals surface area contributed by atoms with Crippen LogP contribution in [-0.4, -0.2) is 16.9 Å². The summed E-state index contributed by atoms with van der Waals surface area (Å²) < 4.78 is 0. The third-order valence-corrected chi connectivity index (χ3v) is 5.16. The normalized spacial score (nSPS) is 16.1. The average molecular weight is 344 g/mol. The Bertz CT molecular complexity index is 882. The lowest BCUT2D eigenvalue weighted by molar-refractivity contribution is -0.121. The van der Waals surface area contributed by atoms with Gasteiger partial charge in [0.15, 0.2) is 0 Å². The minimum atomic E-state index is 0.144. The number of carbonyl (C=O) groups excluding carboxylic acids is 1. The van der Waals surface area contributed by atoms with Crippen molar-refractivity contribution in [3.8, 4) is 11.3 Å². The van der Waals surface area contributed by atoms with Gasteiger partial charge in [-0.3, -0.25) is 4.79 Å². The molecule has 0 aliphatic heterocycles. The highest BCUT2D eigenvalue weighted by Crippen LogP contribution is 2.21. The third-order valence-electron chi connectivity index (χ3n) is 5.16. The molecule has 1 amide bonds. The number of hydrogen-bond acceptors (Lipinski definition) is 1. The maximum atomic E-state index is 12.3. The number of rotatable bonds is 5. The maximum absolute atomic E-state index is 12.3. The first-order valence-electron chi connectivity index (χ1n) is 9.37. The molecular formula is C23H24N2O. The summed E-state index contributed by atoms with van der Waals surface area (Å²) >= 11 is 0. The second kappa shape index (κ2) is 7.61. The van der Waals surface area contributed by atoms with Crippen molar-refractivity contribution in [3.05, 3.63) is 83.6 Å². The quantitative estimate of drug-likeness (QED) is 0.712. The first kappa shape index (κ1) is 16.6. The van der Waals surface area contributed by atoms with Crippen molar-refractivity contribution in [2.24, 2.45) is 0 Å². The van der Waals surface area contributed by atoms with E-state index in [1.54, 1.807) is 0 Å². The lowest BCUT2D eigenvalue weighted by Crippen LogP contribution is -2.38. The standard InChI is InChI=1S/C23H24N2O/c26-23(25-21-11-10-17-6-4-5-9-19(17)16-21)15-13-20-12-14-22(24-20)18-7-2-1-3-8-18/h1-9,12,14,21,24H,10-11,13,15-16H2,(H,25,26)/t21-/m0/s1. The summed E-state index contributed by atoms with van der Waals surface area (Å²) in [4.78, 5) is 15.8. The molecule has 1 aliphatic carbocycles. The molecule has 0 saturated carbocycles. The summed E-state index contributed by atoms with van der Waals surface area (Å²) in [6.07, 6.45) is 4.29. The Balaban J connectivity index is 1.29. The van der Waals surface area contributed by atoms with Crippen LogP contribution >= 0.6 is 0 Å². The van der Waals surface area contributed by atoms with Crippen LogP contribution in [0.2, 0.25) is 0 Å². The summed E-state index contributed by atoms with van der Waals surface area (Å²) in [7, 11) is 0. The van der Waals surface area contributed by atoms with Gasteiger partial charge in [-0.2, -0.15) is 0 Å². The highest BCUT2D eigenvalue weighted by Gasteiger charge is 2.19. The second-order valence-electron chi connectivity index (χ2n) is 7.04. The van der Waals surface area contributed by atoms with E-state index in [0.29, 0.717) is 6.42 Å². The molecule has 0 bridgehead atoms. The highest BCUT2D eigenvalue weighted by atomic mass is 16.1. The molecule has 0 radical (unpaired) electrons. The molecule has 26 heavy (non-hydrogen) atoms. The Morgan fingerprint density at radius 2 is 1.73 bits per heavy atom. The summed E-state index contributed by atoms with van der Waals surface area (Å²) in [5.74, 6) is 0.144. The molecule has 3 aromatic rings. The first-order chi connectivity index (χ1) is 12.8. The van der Waals surface area contributed by atoms with Gasteiger partial charge in [0.25, 0.3) is 0 Å². The van der Waals surface area contributed by atoms with Gasteiger partial charge in [-0.25, -0.2) is 0 Å². The van der Waals surface area contributed by atoms with Crippen LogP contribution in [0.4, 0.5) is 0 Å². The molecule has 1 heterocycles. The lowest BCUT2D eigenvalue weighted by Gasteiger charge is -2.25. The number of aromatic amines is 1.